The summed E-state index contributed by atoms with van der Waals surface area (Å²) in [4.78, 5) is 19.0. The van der Waals surface area contributed by atoms with Gasteiger partial charge in [0, 0.05) is 30.0 Å². The van der Waals surface area contributed by atoms with Crippen LogP contribution in [0.4, 0.5) is 0 Å². The second-order valence-electron chi connectivity index (χ2n) is 6.95. The van der Waals surface area contributed by atoms with E-state index >= 15 is 0 Å². The van der Waals surface area contributed by atoms with Crippen LogP contribution in [0.25, 0.3) is 11.4 Å². The van der Waals surface area contributed by atoms with Gasteiger partial charge in [-0.1, -0.05) is 42.4 Å². The molecule has 1 aromatic carbocycles. The summed E-state index contributed by atoms with van der Waals surface area (Å²) in [6.45, 7) is 3.66. The molecule has 0 atom stereocenters. The van der Waals surface area contributed by atoms with E-state index < -0.39 is 0 Å². The average Bonchev–Trinajstić information content (AvgIpc) is 3.17. The van der Waals surface area contributed by atoms with Crippen molar-refractivity contribution < 1.29 is 9.32 Å². The Kier molecular flexibility index (Phi) is 3.43. The maximum absolute atomic E-state index is 12.4. The smallest absolute Gasteiger partial charge is 0.230 e. The predicted octanol–water partition coefficient (Wildman–Crippen LogP) is 3.24. The molecule has 0 N–H and O–H groups in total. The number of carbonyl (C=O) groups excluding carboxylic acids is 1. The Labute approximate surface area is 135 Å². The Morgan fingerprint density at radius 3 is 2.57 bits per heavy atom. The van der Waals surface area contributed by atoms with Crippen molar-refractivity contribution in [2.45, 2.75) is 38.5 Å². The lowest BCUT2D eigenvalue weighted by Crippen LogP contribution is -2.41. The van der Waals surface area contributed by atoms with Crippen LogP contribution in [0.1, 0.15) is 44.4 Å². The molecule has 5 nitrogen and oxygen atoms in total. The van der Waals surface area contributed by atoms with Crippen molar-refractivity contribution in [3.8, 4) is 11.4 Å². The first-order valence-corrected chi connectivity index (χ1v) is 8.34. The molecule has 0 bridgehead atoms. The molecule has 1 aliphatic heterocycles. The summed E-state index contributed by atoms with van der Waals surface area (Å²) in [7, 11) is 0. The molecule has 0 radical (unpaired) electrons. The molecule has 2 fully saturated rings. The third kappa shape index (κ3) is 2.76. The maximum Gasteiger partial charge on any atom is 0.230 e. The topological polar surface area (TPSA) is 59.2 Å². The van der Waals surface area contributed by atoms with E-state index in [0.29, 0.717) is 17.6 Å². The summed E-state index contributed by atoms with van der Waals surface area (Å²) < 4.78 is 5.47. The lowest BCUT2D eigenvalue weighted by molar-refractivity contribution is -0.137. The van der Waals surface area contributed by atoms with Crippen LogP contribution in [0.5, 0.6) is 0 Å². The lowest BCUT2D eigenvalue weighted by Gasteiger charge is -2.32. The summed E-state index contributed by atoms with van der Waals surface area (Å²) >= 11 is 0. The summed E-state index contributed by atoms with van der Waals surface area (Å²) in [5, 5.41) is 4.10. The zero-order valence-corrected chi connectivity index (χ0v) is 13.4. The standard InChI is InChI=1S/C18H21N3O2/c1-18(9-10-18)17(22)21-11-7-14(8-12-21)16-19-15(20-23-16)13-5-3-2-4-6-13/h2-6,14H,7-12H2,1H3. The van der Waals surface area contributed by atoms with E-state index in [0.717, 1.165) is 44.3 Å². The minimum absolute atomic E-state index is 0.0716. The van der Waals surface area contributed by atoms with E-state index in [1.807, 2.05) is 35.2 Å². The first-order chi connectivity index (χ1) is 11.2. The number of piperidine rings is 1. The first kappa shape index (κ1) is 14.4. The van der Waals surface area contributed by atoms with Crippen molar-refractivity contribution in [1.82, 2.24) is 15.0 Å². The van der Waals surface area contributed by atoms with Crippen LogP contribution in [-0.2, 0) is 4.79 Å². The van der Waals surface area contributed by atoms with Gasteiger partial charge in [-0.15, -0.1) is 0 Å². The predicted molar refractivity (Wildman–Crippen MR) is 85.6 cm³/mol. The van der Waals surface area contributed by atoms with E-state index in [-0.39, 0.29) is 11.3 Å². The molecular formula is C18H21N3O2. The molecule has 2 heterocycles. The molecule has 1 aliphatic carbocycles. The van der Waals surface area contributed by atoms with E-state index in [4.69, 9.17) is 4.52 Å². The van der Waals surface area contributed by atoms with Gasteiger partial charge in [-0.05, 0) is 25.7 Å². The van der Waals surface area contributed by atoms with Crippen LogP contribution in [-0.4, -0.2) is 34.0 Å². The van der Waals surface area contributed by atoms with Crippen molar-refractivity contribution in [1.29, 1.82) is 0 Å². The number of amides is 1. The minimum Gasteiger partial charge on any atom is -0.342 e. The van der Waals surface area contributed by atoms with Gasteiger partial charge in [-0.25, -0.2) is 0 Å². The molecule has 1 amide bonds. The Balaban J connectivity index is 1.41. The van der Waals surface area contributed by atoms with Gasteiger partial charge >= 0.3 is 0 Å². The Morgan fingerprint density at radius 2 is 1.91 bits per heavy atom. The maximum atomic E-state index is 12.4. The number of aromatic nitrogens is 2. The molecule has 1 saturated heterocycles. The molecule has 2 aliphatic rings. The minimum atomic E-state index is -0.0716. The van der Waals surface area contributed by atoms with Crippen LogP contribution >= 0.6 is 0 Å². The number of nitrogens with zero attached hydrogens (tertiary/aromatic N) is 3. The number of benzene rings is 1. The molecule has 120 valence electrons. The Hall–Kier alpha value is -2.17. The fourth-order valence-electron chi connectivity index (χ4n) is 3.22. The van der Waals surface area contributed by atoms with Gasteiger partial charge in [-0.3, -0.25) is 4.79 Å². The van der Waals surface area contributed by atoms with Crippen LogP contribution in [0.3, 0.4) is 0 Å². The molecular weight excluding hydrogens is 290 g/mol. The summed E-state index contributed by atoms with van der Waals surface area (Å²) in [6.07, 6.45) is 3.88. The van der Waals surface area contributed by atoms with E-state index in [1.54, 1.807) is 0 Å². The van der Waals surface area contributed by atoms with E-state index in [9.17, 15) is 4.79 Å². The number of likely N-dealkylation sites (tertiary alicyclic amines) is 1. The molecule has 2 aromatic rings. The number of rotatable bonds is 3. The van der Waals surface area contributed by atoms with Crippen molar-refractivity contribution in [2.24, 2.45) is 5.41 Å². The number of hydrogen-bond donors (Lipinski definition) is 0. The highest BCUT2D eigenvalue weighted by Gasteiger charge is 2.47. The molecule has 1 aromatic heterocycles. The van der Waals surface area contributed by atoms with Gasteiger partial charge in [0.15, 0.2) is 0 Å². The highest BCUT2D eigenvalue weighted by molar-refractivity contribution is 5.85. The fraction of sp³-hybridized carbons (Fsp3) is 0.500. The van der Waals surface area contributed by atoms with E-state index in [1.165, 1.54) is 0 Å². The quantitative estimate of drug-likeness (QED) is 0.873. The third-order valence-corrected chi connectivity index (χ3v) is 5.12. The van der Waals surface area contributed by atoms with Crippen LogP contribution in [0.15, 0.2) is 34.9 Å². The normalized spacial score (nSPS) is 20.5. The van der Waals surface area contributed by atoms with Crippen LogP contribution in [0.2, 0.25) is 0 Å². The number of hydrogen-bond acceptors (Lipinski definition) is 4. The second-order valence-corrected chi connectivity index (χ2v) is 6.95. The SMILES string of the molecule is CC1(C(=O)N2CCC(c3nc(-c4ccccc4)no3)CC2)CC1. The van der Waals surface area contributed by atoms with Gasteiger partial charge in [-0.2, -0.15) is 4.98 Å². The summed E-state index contributed by atoms with van der Waals surface area (Å²) in [5.74, 6) is 1.93. The fourth-order valence-corrected chi connectivity index (χ4v) is 3.22. The molecule has 23 heavy (non-hydrogen) atoms. The second kappa shape index (κ2) is 5.48. The monoisotopic (exact) mass is 311 g/mol. The van der Waals surface area contributed by atoms with E-state index in [2.05, 4.69) is 17.1 Å². The summed E-state index contributed by atoms with van der Waals surface area (Å²) in [5.41, 5.74) is 0.898. The van der Waals surface area contributed by atoms with Crippen LogP contribution in [0, 0.1) is 5.41 Å². The largest absolute Gasteiger partial charge is 0.342 e. The lowest BCUT2D eigenvalue weighted by atomic mass is 9.95. The highest BCUT2D eigenvalue weighted by Crippen LogP contribution is 2.47. The molecule has 0 spiro atoms. The number of carbonyl (C=O) groups is 1. The Morgan fingerprint density at radius 1 is 1.22 bits per heavy atom. The van der Waals surface area contributed by atoms with Crippen LogP contribution < -0.4 is 0 Å². The zero-order chi connectivity index (χ0) is 15.9. The van der Waals surface area contributed by atoms with Crippen molar-refractivity contribution >= 4 is 5.91 Å². The molecule has 0 unspecified atom stereocenters. The van der Waals surface area contributed by atoms with Gasteiger partial charge in [0.25, 0.3) is 0 Å². The van der Waals surface area contributed by atoms with Crippen molar-refractivity contribution in [3.05, 3.63) is 36.2 Å². The van der Waals surface area contributed by atoms with Gasteiger partial charge in [0.2, 0.25) is 17.6 Å². The van der Waals surface area contributed by atoms with Crippen molar-refractivity contribution in [3.63, 3.8) is 0 Å². The molecule has 5 heteroatoms. The first-order valence-electron chi connectivity index (χ1n) is 8.34. The zero-order valence-electron chi connectivity index (χ0n) is 13.4. The molecule has 1 saturated carbocycles. The molecule has 4 rings (SSSR count). The Bertz CT molecular complexity index is 698. The highest BCUT2D eigenvalue weighted by atomic mass is 16.5. The van der Waals surface area contributed by atoms with Gasteiger partial charge in [0.1, 0.15) is 0 Å². The van der Waals surface area contributed by atoms with Gasteiger partial charge < -0.3 is 9.42 Å². The third-order valence-electron chi connectivity index (χ3n) is 5.12. The average molecular weight is 311 g/mol. The van der Waals surface area contributed by atoms with Gasteiger partial charge in [0.05, 0.1) is 0 Å². The van der Waals surface area contributed by atoms with Crippen molar-refractivity contribution in [2.75, 3.05) is 13.1 Å². The summed E-state index contributed by atoms with van der Waals surface area (Å²) in [6, 6.07) is 9.86.